The van der Waals surface area contributed by atoms with E-state index in [1.807, 2.05) is 12.1 Å². The number of nitrogens with two attached hydrogens (primary N) is 1. The van der Waals surface area contributed by atoms with E-state index in [1.54, 1.807) is 4.90 Å². The van der Waals surface area contributed by atoms with E-state index in [0.717, 1.165) is 13.0 Å². The molecule has 0 bridgehead atoms. The smallest absolute Gasteiger partial charge is 0.0874 e. The third-order valence-corrected chi connectivity index (χ3v) is 1.27. The van der Waals surface area contributed by atoms with Crippen LogP contribution in [0.4, 0.5) is 0 Å². The summed E-state index contributed by atoms with van der Waals surface area (Å²) in [7, 11) is 0. The van der Waals surface area contributed by atoms with Crippen molar-refractivity contribution in [1.29, 1.82) is 10.5 Å². The lowest BCUT2D eigenvalue weighted by Gasteiger charge is -2.13. The molecule has 0 aliphatic heterocycles. The van der Waals surface area contributed by atoms with Crippen LogP contribution >= 0.6 is 0 Å². The Balaban J connectivity index is 3.54. The van der Waals surface area contributed by atoms with Gasteiger partial charge in [0.25, 0.3) is 0 Å². The molecule has 0 atom stereocenters. The zero-order chi connectivity index (χ0) is 8.53. The van der Waals surface area contributed by atoms with Crippen LogP contribution in [-0.4, -0.2) is 31.1 Å². The molecule has 4 heteroatoms. The summed E-state index contributed by atoms with van der Waals surface area (Å²) < 4.78 is 0. The van der Waals surface area contributed by atoms with Crippen molar-refractivity contribution in [1.82, 2.24) is 4.90 Å². The summed E-state index contributed by atoms with van der Waals surface area (Å²) in [5, 5.41) is 16.7. The van der Waals surface area contributed by atoms with Crippen LogP contribution in [0.15, 0.2) is 0 Å². The van der Waals surface area contributed by atoms with Gasteiger partial charge in [-0.15, -0.1) is 0 Å². The zero-order valence-electron chi connectivity index (χ0n) is 6.45. The molecule has 0 fully saturated rings. The lowest BCUT2D eigenvalue weighted by atomic mass is 10.4. The van der Waals surface area contributed by atoms with Crippen LogP contribution in [-0.2, 0) is 0 Å². The fraction of sp³-hybridized carbons (Fsp3) is 0.714. The van der Waals surface area contributed by atoms with Gasteiger partial charge in [-0.3, -0.25) is 4.90 Å². The largest absolute Gasteiger partial charge is 0.330 e. The Hall–Kier alpha value is -1.10. The molecule has 0 saturated carbocycles. The Kier molecular flexibility index (Phi) is 6.31. The second kappa shape index (κ2) is 7.01. The Morgan fingerprint density at radius 3 is 2.09 bits per heavy atom. The second-order valence-corrected chi connectivity index (χ2v) is 2.17. The molecule has 0 aliphatic carbocycles. The maximum absolute atomic E-state index is 8.33. The summed E-state index contributed by atoms with van der Waals surface area (Å²) in [4.78, 5) is 1.77. The Labute approximate surface area is 66.8 Å². The summed E-state index contributed by atoms with van der Waals surface area (Å²) in [6.07, 6.45) is 0.837. The van der Waals surface area contributed by atoms with Crippen LogP contribution in [0.1, 0.15) is 6.42 Å². The third-order valence-electron chi connectivity index (χ3n) is 1.27. The van der Waals surface area contributed by atoms with Gasteiger partial charge < -0.3 is 5.73 Å². The van der Waals surface area contributed by atoms with Crippen molar-refractivity contribution < 1.29 is 0 Å². The first kappa shape index (κ1) is 9.90. The molecule has 0 aromatic carbocycles. The molecule has 0 aliphatic rings. The van der Waals surface area contributed by atoms with Gasteiger partial charge in [0.05, 0.1) is 25.2 Å². The van der Waals surface area contributed by atoms with Gasteiger partial charge in [-0.05, 0) is 13.0 Å². The molecule has 0 spiro atoms. The van der Waals surface area contributed by atoms with Crippen LogP contribution in [0.25, 0.3) is 0 Å². The van der Waals surface area contributed by atoms with E-state index in [2.05, 4.69) is 0 Å². The second-order valence-electron chi connectivity index (χ2n) is 2.17. The molecular weight excluding hydrogens is 140 g/mol. The van der Waals surface area contributed by atoms with Gasteiger partial charge in [0.15, 0.2) is 0 Å². The standard InChI is InChI=1S/C7H12N4/c8-2-1-5-11(6-3-9)7-4-10/h1-2,5-8H2. The first-order valence-corrected chi connectivity index (χ1v) is 3.51. The minimum atomic E-state index is 0.313. The van der Waals surface area contributed by atoms with Crippen molar-refractivity contribution in [3.8, 4) is 12.1 Å². The van der Waals surface area contributed by atoms with Crippen LogP contribution in [0.3, 0.4) is 0 Å². The fourth-order valence-electron chi connectivity index (χ4n) is 0.729. The van der Waals surface area contributed by atoms with Crippen molar-refractivity contribution >= 4 is 0 Å². The topological polar surface area (TPSA) is 76.8 Å². The molecule has 0 aromatic rings. The van der Waals surface area contributed by atoms with Gasteiger partial charge in [-0.25, -0.2) is 0 Å². The van der Waals surface area contributed by atoms with Crippen molar-refractivity contribution in [2.75, 3.05) is 26.2 Å². The lowest BCUT2D eigenvalue weighted by molar-refractivity contribution is 0.339. The summed E-state index contributed by atoms with van der Waals surface area (Å²) in [5.41, 5.74) is 5.28. The maximum atomic E-state index is 8.33. The van der Waals surface area contributed by atoms with Gasteiger partial charge in [-0.2, -0.15) is 10.5 Å². The number of hydrogen-bond acceptors (Lipinski definition) is 4. The highest BCUT2D eigenvalue weighted by Crippen LogP contribution is 1.87. The minimum absolute atomic E-state index is 0.313. The molecule has 0 aromatic heterocycles. The van der Waals surface area contributed by atoms with Crippen LogP contribution < -0.4 is 5.73 Å². The van der Waals surface area contributed by atoms with E-state index < -0.39 is 0 Å². The SMILES string of the molecule is N#CCN(CC#N)CCCN. The van der Waals surface area contributed by atoms with Crippen LogP contribution in [0.2, 0.25) is 0 Å². The summed E-state index contributed by atoms with van der Waals surface area (Å²) in [6.45, 7) is 1.96. The molecule has 2 N–H and O–H groups in total. The number of hydrogen-bond donors (Lipinski definition) is 1. The lowest BCUT2D eigenvalue weighted by Crippen LogP contribution is -2.27. The zero-order valence-corrected chi connectivity index (χ0v) is 6.45. The van der Waals surface area contributed by atoms with E-state index in [1.165, 1.54) is 0 Å². The first-order chi connectivity index (χ1) is 5.35. The van der Waals surface area contributed by atoms with Crippen LogP contribution in [0.5, 0.6) is 0 Å². The van der Waals surface area contributed by atoms with Crippen LogP contribution in [0, 0.1) is 22.7 Å². The molecular formula is C7H12N4. The first-order valence-electron chi connectivity index (χ1n) is 3.51. The molecule has 4 nitrogen and oxygen atoms in total. The highest BCUT2D eigenvalue weighted by Gasteiger charge is 2.00. The van der Waals surface area contributed by atoms with E-state index in [-0.39, 0.29) is 0 Å². The predicted octanol–water partition coefficient (Wildman–Crippen LogP) is -0.316. The van der Waals surface area contributed by atoms with Gasteiger partial charge in [0.1, 0.15) is 0 Å². The summed E-state index contributed by atoms with van der Waals surface area (Å²) >= 11 is 0. The Bertz CT molecular complexity index is 148. The molecule has 0 amide bonds. The minimum Gasteiger partial charge on any atom is -0.330 e. The number of rotatable bonds is 5. The molecule has 60 valence electrons. The molecule has 0 saturated heterocycles. The molecule has 0 heterocycles. The molecule has 0 rings (SSSR count). The van der Waals surface area contributed by atoms with E-state index in [4.69, 9.17) is 16.3 Å². The van der Waals surface area contributed by atoms with Crippen molar-refractivity contribution in [2.24, 2.45) is 5.73 Å². The maximum Gasteiger partial charge on any atom is 0.0874 e. The number of nitrogens with zero attached hydrogens (tertiary/aromatic N) is 3. The predicted molar refractivity (Wildman–Crippen MR) is 41.3 cm³/mol. The van der Waals surface area contributed by atoms with E-state index in [9.17, 15) is 0 Å². The monoisotopic (exact) mass is 152 g/mol. The average Bonchev–Trinajstić information content (AvgIpc) is 2.01. The Morgan fingerprint density at radius 1 is 1.18 bits per heavy atom. The van der Waals surface area contributed by atoms with Gasteiger partial charge in [0, 0.05) is 6.54 Å². The quantitative estimate of drug-likeness (QED) is 0.548. The molecule has 11 heavy (non-hydrogen) atoms. The van der Waals surface area contributed by atoms with Gasteiger partial charge in [0.2, 0.25) is 0 Å². The highest BCUT2D eigenvalue weighted by atomic mass is 15.1. The van der Waals surface area contributed by atoms with Crippen molar-refractivity contribution in [3.05, 3.63) is 0 Å². The summed E-state index contributed by atoms with van der Waals surface area (Å²) in [5.74, 6) is 0. The van der Waals surface area contributed by atoms with Gasteiger partial charge >= 0.3 is 0 Å². The van der Waals surface area contributed by atoms with Crippen molar-refractivity contribution in [2.45, 2.75) is 6.42 Å². The molecule has 0 unspecified atom stereocenters. The Morgan fingerprint density at radius 2 is 1.73 bits per heavy atom. The molecule has 0 radical (unpaired) electrons. The normalized spacial score (nSPS) is 9.09. The fourth-order valence-corrected chi connectivity index (χ4v) is 0.729. The highest BCUT2D eigenvalue weighted by molar-refractivity contribution is 4.83. The number of nitriles is 2. The van der Waals surface area contributed by atoms with Gasteiger partial charge in [-0.1, -0.05) is 0 Å². The summed E-state index contributed by atoms with van der Waals surface area (Å²) in [6, 6.07) is 3.99. The van der Waals surface area contributed by atoms with E-state index in [0.29, 0.717) is 19.6 Å². The van der Waals surface area contributed by atoms with Crippen molar-refractivity contribution in [3.63, 3.8) is 0 Å². The third kappa shape index (κ3) is 5.35. The average molecular weight is 152 g/mol. The van der Waals surface area contributed by atoms with E-state index >= 15 is 0 Å².